The van der Waals surface area contributed by atoms with Crippen LogP contribution in [0.3, 0.4) is 0 Å². The van der Waals surface area contributed by atoms with E-state index in [-0.39, 0.29) is 22.7 Å². The normalized spacial score (nSPS) is 11.2. The van der Waals surface area contributed by atoms with Crippen LogP contribution in [0.15, 0.2) is 152 Å². The molecule has 1 unspecified atom stereocenters. The van der Waals surface area contributed by atoms with Crippen LogP contribution in [0.2, 0.25) is 5.02 Å². The van der Waals surface area contributed by atoms with Crippen LogP contribution >= 0.6 is 11.6 Å². The molecule has 0 aliphatic carbocycles. The molecule has 6 aromatic rings. The maximum absolute atomic E-state index is 13.5. The van der Waals surface area contributed by atoms with Crippen molar-refractivity contribution in [2.45, 2.75) is 19.1 Å². The molecular formula is C42H33ClN2O6. The number of carboxylic acid groups (broad SMARTS) is 1. The van der Waals surface area contributed by atoms with Crippen LogP contribution in [-0.4, -0.2) is 28.9 Å². The van der Waals surface area contributed by atoms with Crippen LogP contribution in [0.5, 0.6) is 17.2 Å². The number of rotatable bonds is 13. The van der Waals surface area contributed by atoms with E-state index in [2.05, 4.69) is 10.6 Å². The van der Waals surface area contributed by atoms with Crippen LogP contribution in [-0.2, 0) is 17.8 Å². The van der Waals surface area contributed by atoms with E-state index in [0.717, 1.165) is 16.7 Å². The molecule has 6 aromatic carbocycles. The minimum atomic E-state index is -1.27. The van der Waals surface area contributed by atoms with Gasteiger partial charge in [0.05, 0.1) is 11.3 Å². The summed E-state index contributed by atoms with van der Waals surface area (Å²) in [6, 6.07) is 44.0. The Morgan fingerprint density at radius 1 is 0.667 bits per heavy atom. The van der Waals surface area contributed by atoms with Crippen molar-refractivity contribution in [1.29, 1.82) is 0 Å². The molecule has 51 heavy (non-hydrogen) atoms. The summed E-state index contributed by atoms with van der Waals surface area (Å²) in [7, 11) is 0. The lowest BCUT2D eigenvalue weighted by Crippen LogP contribution is -2.42. The molecule has 0 heterocycles. The SMILES string of the molecule is O=C(Nc1ccc(Cl)cc1C(=O)NC(Cc1ccc(-c2ccccc2Oc2ccccc2)cc1)C(=O)O)c1cccc(OCc2ccccc2)c1. The molecule has 6 rings (SSSR count). The molecule has 0 aliphatic rings. The van der Waals surface area contributed by atoms with Gasteiger partial charge in [-0.15, -0.1) is 0 Å². The number of benzene rings is 6. The van der Waals surface area contributed by atoms with Gasteiger partial charge in [-0.1, -0.05) is 109 Å². The molecule has 0 fully saturated rings. The number of hydrogen-bond acceptors (Lipinski definition) is 5. The molecule has 0 radical (unpaired) electrons. The average Bonchev–Trinajstić information content (AvgIpc) is 3.16. The minimum absolute atomic E-state index is 0.0154. The van der Waals surface area contributed by atoms with Crippen LogP contribution in [0.1, 0.15) is 31.8 Å². The van der Waals surface area contributed by atoms with Crippen molar-refractivity contribution in [2.75, 3.05) is 5.32 Å². The second kappa shape index (κ2) is 16.3. The number of carboxylic acids is 1. The van der Waals surface area contributed by atoms with E-state index >= 15 is 0 Å². The zero-order valence-corrected chi connectivity index (χ0v) is 28.0. The van der Waals surface area contributed by atoms with Crippen molar-refractivity contribution in [3.8, 4) is 28.4 Å². The van der Waals surface area contributed by atoms with Crippen molar-refractivity contribution in [3.63, 3.8) is 0 Å². The number of carbonyl (C=O) groups is 3. The number of para-hydroxylation sites is 2. The Morgan fingerprint density at radius 2 is 1.35 bits per heavy atom. The molecule has 0 saturated heterocycles. The van der Waals surface area contributed by atoms with Crippen LogP contribution in [0.4, 0.5) is 5.69 Å². The fraction of sp³-hybridized carbons (Fsp3) is 0.0714. The Bertz CT molecular complexity index is 2140. The third-order valence-electron chi connectivity index (χ3n) is 7.99. The number of halogens is 1. The molecular weight excluding hydrogens is 664 g/mol. The number of nitrogens with one attached hydrogen (secondary N) is 2. The summed E-state index contributed by atoms with van der Waals surface area (Å²) in [6.45, 7) is 0.333. The van der Waals surface area contributed by atoms with Crippen molar-refractivity contribution in [1.82, 2.24) is 5.32 Å². The highest BCUT2D eigenvalue weighted by Gasteiger charge is 2.24. The quantitative estimate of drug-likeness (QED) is 0.111. The number of amides is 2. The van der Waals surface area contributed by atoms with Gasteiger partial charge < -0.3 is 25.2 Å². The Kier molecular flexibility index (Phi) is 11.1. The first-order valence-electron chi connectivity index (χ1n) is 16.1. The van der Waals surface area contributed by atoms with E-state index in [1.807, 2.05) is 109 Å². The number of hydrogen-bond donors (Lipinski definition) is 3. The van der Waals surface area contributed by atoms with Gasteiger partial charge in [0.25, 0.3) is 11.8 Å². The molecule has 2 amide bonds. The highest BCUT2D eigenvalue weighted by Crippen LogP contribution is 2.33. The predicted octanol–water partition coefficient (Wildman–Crippen LogP) is 9.06. The van der Waals surface area contributed by atoms with Crippen LogP contribution < -0.4 is 20.1 Å². The lowest BCUT2D eigenvalue weighted by Gasteiger charge is -2.17. The fourth-order valence-electron chi connectivity index (χ4n) is 5.38. The molecule has 0 aromatic heterocycles. The van der Waals surface area contributed by atoms with Gasteiger partial charge in [-0.3, -0.25) is 9.59 Å². The first-order valence-corrected chi connectivity index (χ1v) is 16.5. The van der Waals surface area contributed by atoms with Gasteiger partial charge in [0.15, 0.2) is 0 Å². The van der Waals surface area contributed by atoms with Crippen LogP contribution in [0, 0.1) is 0 Å². The lowest BCUT2D eigenvalue weighted by molar-refractivity contribution is -0.139. The summed E-state index contributed by atoms with van der Waals surface area (Å²) in [6.07, 6.45) is 0.0154. The molecule has 0 spiro atoms. The molecule has 9 heteroatoms. The Labute approximate surface area is 300 Å². The minimum Gasteiger partial charge on any atom is -0.489 e. The summed E-state index contributed by atoms with van der Waals surface area (Å²) in [5, 5.41) is 15.7. The maximum Gasteiger partial charge on any atom is 0.326 e. The number of carbonyl (C=O) groups excluding carboxylic acids is 2. The third-order valence-corrected chi connectivity index (χ3v) is 8.22. The van der Waals surface area contributed by atoms with Gasteiger partial charge in [-0.05, 0) is 71.3 Å². The van der Waals surface area contributed by atoms with Gasteiger partial charge in [-0.25, -0.2) is 4.79 Å². The summed E-state index contributed by atoms with van der Waals surface area (Å²) < 4.78 is 12.0. The predicted molar refractivity (Wildman–Crippen MR) is 198 cm³/mol. The van der Waals surface area contributed by atoms with E-state index in [0.29, 0.717) is 35.0 Å². The summed E-state index contributed by atoms with van der Waals surface area (Å²) in [5.74, 6) is -0.509. The van der Waals surface area contributed by atoms with Gasteiger partial charge in [0.1, 0.15) is 29.9 Å². The molecule has 8 nitrogen and oxygen atoms in total. The van der Waals surface area contributed by atoms with Crippen molar-refractivity contribution < 1.29 is 29.0 Å². The number of anilines is 1. The molecule has 0 aliphatic heterocycles. The van der Waals surface area contributed by atoms with Crippen molar-refractivity contribution in [2.24, 2.45) is 0 Å². The average molecular weight is 697 g/mol. The molecule has 0 bridgehead atoms. The lowest BCUT2D eigenvalue weighted by atomic mass is 9.99. The first-order chi connectivity index (χ1) is 24.8. The van der Waals surface area contributed by atoms with E-state index in [9.17, 15) is 19.5 Å². The molecule has 0 saturated carbocycles. The Hall–Kier alpha value is -6.38. The zero-order valence-electron chi connectivity index (χ0n) is 27.3. The second-order valence-electron chi connectivity index (χ2n) is 11.6. The van der Waals surface area contributed by atoms with Gasteiger partial charge in [0, 0.05) is 22.6 Å². The van der Waals surface area contributed by atoms with E-state index < -0.39 is 23.8 Å². The van der Waals surface area contributed by atoms with Crippen molar-refractivity contribution in [3.05, 3.63) is 179 Å². The highest BCUT2D eigenvalue weighted by molar-refractivity contribution is 6.31. The summed E-state index contributed by atoms with van der Waals surface area (Å²) in [4.78, 5) is 39.1. The van der Waals surface area contributed by atoms with E-state index in [4.69, 9.17) is 21.1 Å². The van der Waals surface area contributed by atoms with Crippen molar-refractivity contribution >= 4 is 35.1 Å². The monoisotopic (exact) mass is 696 g/mol. The molecule has 254 valence electrons. The van der Waals surface area contributed by atoms with Gasteiger partial charge in [-0.2, -0.15) is 0 Å². The second-order valence-corrected chi connectivity index (χ2v) is 12.1. The number of ether oxygens (including phenoxy) is 2. The van der Waals surface area contributed by atoms with Gasteiger partial charge >= 0.3 is 5.97 Å². The smallest absolute Gasteiger partial charge is 0.326 e. The Balaban J connectivity index is 1.13. The molecule has 3 N–H and O–H groups in total. The standard InChI is InChI=1S/C42H33ClN2O6/c43-32-22-23-37(44-40(46)31-12-9-15-34(25-31)50-27-29-10-3-1-4-11-29)36(26-32)41(47)45-38(42(48)49)24-28-18-20-30(21-19-28)35-16-7-8-17-39(35)51-33-13-5-2-6-14-33/h1-23,25-26,38H,24,27H2,(H,44,46)(H,45,47)(H,48,49). The number of aliphatic carboxylic acids is 1. The topological polar surface area (TPSA) is 114 Å². The maximum atomic E-state index is 13.5. The zero-order chi connectivity index (χ0) is 35.6. The van der Waals surface area contributed by atoms with Gasteiger partial charge in [0.2, 0.25) is 0 Å². The third kappa shape index (κ3) is 9.20. The van der Waals surface area contributed by atoms with Crippen LogP contribution in [0.25, 0.3) is 11.1 Å². The largest absolute Gasteiger partial charge is 0.489 e. The highest BCUT2D eigenvalue weighted by atomic mass is 35.5. The summed E-state index contributed by atoms with van der Waals surface area (Å²) >= 11 is 6.24. The van der Waals surface area contributed by atoms with E-state index in [1.165, 1.54) is 18.2 Å². The summed E-state index contributed by atoms with van der Waals surface area (Å²) in [5.41, 5.74) is 3.93. The Morgan fingerprint density at radius 3 is 2.10 bits per heavy atom. The van der Waals surface area contributed by atoms with E-state index in [1.54, 1.807) is 24.3 Å². The fourth-order valence-corrected chi connectivity index (χ4v) is 5.55. The molecule has 1 atom stereocenters. The first kappa shape index (κ1) is 34.5.